The van der Waals surface area contributed by atoms with Gasteiger partial charge in [-0.1, -0.05) is 147 Å². The number of nitrogens with two attached hydrogens (primary N) is 2. The number of carbonyl (C=O) groups is 2. The number of aryl methyl sites for hydroxylation is 1. The van der Waals surface area contributed by atoms with Crippen LogP contribution >= 0.6 is 43.2 Å². The number of hydrogen-bond donors (Lipinski definition) is 8. The fourth-order valence-electron chi connectivity index (χ4n) is 22.0. The number of phenolic OH excluding ortho intramolecular Hbond substituents is 2. The zero-order valence-electron chi connectivity index (χ0n) is 54.3. The summed E-state index contributed by atoms with van der Waals surface area (Å²) in [5.74, 6) is 9.34. The van der Waals surface area contributed by atoms with Crippen LogP contribution in [0, 0.1) is 74.9 Å². The van der Waals surface area contributed by atoms with Crippen LogP contribution in [0.3, 0.4) is 0 Å². The summed E-state index contributed by atoms with van der Waals surface area (Å²) >= 11 is 0. The van der Waals surface area contributed by atoms with E-state index in [4.69, 9.17) is 16.2 Å². The molecule has 9 aliphatic carbocycles. The molecule has 11 nitrogen and oxygen atoms in total. The van der Waals surface area contributed by atoms with Crippen molar-refractivity contribution in [2.24, 2.45) is 74.6 Å². The minimum absolute atomic E-state index is 0.00180. The van der Waals surface area contributed by atoms with Gasteiger partial charge in [0.25, 0.3) is 0 Å². The van der Waals surface area contributed by atoms with E-state index < -0.39 is 34.1 Å². The number of fused-ring (bicyclic) bond motifs is 18. The third kappa shape index (κ3) is 11.1. The van der Waals surface area contributed by atoms with Gasteiger partial charge in [-0.3, -0.25) is 9.59 Å². The van der Waals surface area contributed by atoms with Gasteiger partial charge in [0.2, 0.25) is 0 Å². The van der Waals surface area contributed by atoms with Gasteiger partial charge >= 0.3 is 0 Å². The molecular formula is C80H91N3O8S4. The van der Waals surface area contributed by atoms with E-state index in [1.807, 2.05) is 53.3 Å². The molecular weight excluding hydrogens is 1260 g/mol. The second-order valence-electron chi connectivity index (χ2n) is 31.0. The molecule has 5 aromatic rings. The van der Waals surface area contributed by atoms with Crippen molar-refractivity contribution in [2.45, 2.75) is 169 Å². The normalized spacial score (nSPS) is 36.2. The minimum atomic E-state index is -1.17. The van der Waals surface area contributed by atoms with Gasteiger partial charge in [0.05, 0.1) is 42.3 Å². The van der Waals surface area contributed by atoms with E-state index in [1.54, 1.807) is 50.7 Å². The summed E-state index contributed by atoms with van der Waals surface area (Å²) in [6.07, 6.45) is 31.9. The highest BCUT2D eigenvalue weighted by atomic mass is 33.1. The van der Waals surface area contributed by atoms with Gasteiger partial charge in [0.15, 0.2) is 23.1 Å². The molecule has 1 aromatic heterocycles. The highest BCUT2D eigenvalue weighted by Crippen LogP contribution is 2.74. The van der Waals surface area contributed by atoms with Gasteiger partial charge in [-0.25, -0.2) is 0 Å². The number of carbonyl (C=O) groups excluding carboxylic acids is 2. The number of Topliss-reactive ketones (excluding diaryl/α,β-unsaturated/α-hetero) is 1. The average molecular weight is 1350 g/mol. The second-order valence-corrected chi connectivity index (χ2v) is 36.0. The van der Waals surface area contributed by atoms with Crippen LogP contribution in [0.4, 0.5) is 0 Å². The molecule has 4 aromatic carbocycles. The van der Waals surface area contributed by atoms with E-state index in [9.17, 15) is 35.1 Å². The Kier molecular flexibility index (Phi) is 17.2. The van der Waals surface area contributed by atoms with Crippen LogP contribution in [-0.4, -0.2) is 83.3 Å². The minimum Gasteiger partial charge on any atom is -0.508 e. The van der Waals surface area contributed by atoms with Crippen molar-refractivity contribution >= 4 is 54.7 Å². The van der Waals surface area contributed by atoms with Crippen LogP contribution < -0.4 is 16.2 Å². The number of hydrogen-bond acceptors (Lipinski definition) is 14. The van der Waals surface area contributed by atoms with Crippen molar-refractivity contribution < 1.29 is 39.9 Å². The molecule has 2 spiro atoms. The van der Waals surface area contributed by atoms with Crippen LogP contribution in [0.5, 0.6) is 17.2 Å². The Balaban J connectivity index is 0.807. The third-order valence-electron chi connectivity index (χ3n) is 26.6. The molecule has 5 saturated carbocycles. The number of aromatic hydroxyl groups is 2. The van der Waals surface area contributed by atoms with Gasteiger partial charge in [-0.15, -0.1) is 0 Å². The number of ether oxygens (including phenoxy) is 1. The molecule has 15 heteroatoms. The first kappa shape index (κ1) is 64.5. The highest BCUT2D eigenvalue weighted by Gasteiger charge is 2.69. The lowest BCUT2D eigenvalue weighted by Crippen LogP contribution is -2.58. The van der Waals surface area contributed by atoms with Crippen molar-refractivity contribution in [1.29, 1.82) is 0 Å². The van der Waals surface area contributed by atoms with E-state index in [0.717, 1.165) is 77.8 Å². The highest BCUT2D eigenvalue weighted by molar-refractivity contribution is 8.77. The van der Waals surface area contributed by atoms with E-state index in [-0.39, 0.29) is 101 Å². The Labute approximate surface area is 575 Å². The second kappa shape index (κ2) is 25.2. The number of rotatable bonds is 2. The summed E-state index contributed by atoms with van der Waals surface area (Å²) in [7, 11) is 7.14. The Morgan fingerprint density at radius 1 is 0.705 bits per heavy atom. The lowest BCUT2D eigenvalue weighted by Gasteiger charge is -2.59. The van der Waals surface area contributed by atoms with Gasteiger partial charge in [-0.2, -0.15) is 0 Å². The molecule has 5 fully saturated rings. The van der Waals surface area contributed by atoms with Gasteiger partial charge in [-0.05, 0) is 228 Å². The van der Waals surface area contributed by atoms with Gasteiger partial charge in [0.1, 0.15) is 5.75 Å². The molecule has 95 heavy (non-hydrogen) atoms. The summed E-state index contributed by atoms with van der Waals surface area (Å²) in [6, 6.07) is 25.7. The Hall–Kier alpha value is -5.12. The van der Waals surface area contributed by atoms with E-state index in [1.165, 1.54) is 49.7 Å². The molecule has 15 unspecified atom stereocenters. The molecule has 16 rings (SSSR count). The predicted octanol–water partition coefficient (Wildman–Crippen LogP) is 14.7. The van der Waals surface area contributed by atoms with Crippen molar-refractivity contribution in [2.75, 3.05) is 24.7 Å². The number of allylic oxidation sites excluding steroid dienone is 5. The van der Waals surface area contributed by atoms with Crippen molar-refractivity contribution in [3.05, 3.63) is 183 Å². The smallest absolute Gasteiger partial charge is 0.165 e. The van der Waals surface area contributed by atoms with Crippen molar-refractivity contribution in [3.8, 4) is 29.1 Å². The molecule has 15 bridgehead atoms. The first-order valence-corrected chi connectivity index (χ1v) is 40.3. The summed E-state index contributed by atoms with van der Waals surface area (Å²) in [4.78, 5) is 32.7. The van der Waals surface area contributed by atoms with E-state index >= 15 is 0 Å². The summed E-state index contributed by atoms with van der Waals surface area (Å²) in [5.41, 5.74) is 19.8. The van der Waals surface area contributed by atoms with Crippen molar-refractivity contribution in [1.82, 2.24) is 4.98 Å². The fourth-order valence-corrected chi connectivity index (χ4v) is 27.9. The van der Waals surface area contributed by atoms with Crippen molar-refractivity contribution in [3.63, 3.8) is 0 Å². The maximum Gasteiger partial charge on any atom is 0.165 e. The first-order chi connectivity index (χ1) is 46.0. The van der Waals surface area contributed by atoms with Crippen LogP contribution in [0.1, 0.15) is 187 Å². The Morgan fingerprint density at radius 3 is 2.39 bits per heavy atom. The number of aromatic amines is 1. The van der Waals surface area contributed by atoms with Crippen LogP contribution in [0.25, 0.3) is 0 Å². The SMILES string of the molecule is NC(N)c1cc2c3cc1CSSCC1CC4(C=CC(=O)CCc5ccc(O)c(c5)OCCc5ccc(O)c(c5)C3CC(=O)c3cc[nH]c3CC#C2)CC1(O)C1C=CC4CC23C=CC4(CCC5CCC6C(CCC67CCCC7)C5(O)C2)C(CSS1)C(CO)c1ccccc1CC34. The largest absolute Gasteiger partial charge is 0.508 e. The quantitative estimate of drug-likeness (QED) is 0.0358. The Morgan fingerprint density at radius 2 is 1.54 bits per heavy atom. The molecule has 0 amide bonds. The lowest BCUT2D eigenvalue weighted by atomic mass is 9.47. The molecule has 498 valence electrons. The van der Waals surface area contributed by atoms with E-state index in [2.05, 4.69) is 77.5 Å². The summed E-state index contributed by atoms with van der Waals surface area (Å²) in [5, 5.41) is 63.4. The standard InChI is InChI=1S/C80H91N3O8S4/c81-74(82)60-36-50-7-5-9-67-58(23-32-83-67)70(88)39-61-59(50)37-52(60)43-92-93-44-55-41-76(27-21-56(85)15-10-48-12-18-69(87)71(35-48)91-33-24-49-11-17-68(86)62(61)34-49)46-80(55,90)73-19-14-54(76)40-77-30-31-78(66(45-94-95-73)63(42-84)57-8-2-1-6-51(57)38-72(77)78)29-20-53-13-16-64-65(79(53,89)47-77)22-28-75(64)25-3-4-26-75/h1-2,6,8,11-12,14,17-19,21,23,27,30-32,34-37,53-55,61,63-66,72-74,83-84,86-87,89-90H,3-4,9-10,13,15-16,20,22,24-26,28-29,33,38-47,81-82H2. The first-order valence-electron chi connectivity index (χ1n) is 35.4. The number of nitrogens with one attached hydrogen (secondary N) is 1. The zero-order chi connectivity index (χ0) is 65.1. The number of aliphatic hydroxyl groups excluding tert-OH is 1. The Bertz CT molecular complexity index is 3990. The third-order valence-corrected chi connectivity index (χ3v) is 31.8. The zero-order valence-corrected chi connectivity index (χ0v) is 57.6. The summed E-state index contributed by atoms with van der Waals surface area (Å²) in [6.45, 7) is 0.265. The topological polar surface area (TPSA) is 212 Å². The molecule has 15 atom stereocenters. The number of benzene rings is 4. The summed E-state index contributed by atoms with van der Waals surface area (Å²) < 4.78 is 6.35. The number of phenols is 2. The van der Waals surface area contributed by atoms with Gasteiger partial charge < -0.3 is 46.7 Å². The lowest BCUT2D eigenvalue weighted by molar-refractivity contribution is -0.168. The number of aromatic nitrogens is 1. The maximum atomic E-state index is 14.8. The number of ketones is 2. The molecule has 0 saturated heterocycles. The van der Waals surface area contributed by atoms with Gasteiger partial charge in [0, 0.05) is 76.9 Å². The van der Waals surface area contributed by atoms with E-state index in [0.29, 0.717) is 83.8 Å². The maximum absolute atomic E-state index is 14.8. The molecule has 10 N–H and O–H groups in total. The predicted molar refractivity (Wildman–Crippen MR) is 382 cm³/mol. The van der Waals surface area contributed by atoms with Crippen LogP contribution in [0.15, 0.2) is 122 Å². The van der Waals surface area contributed by atoms with Crippen LogP contribution in [0.2, 0.25) is 0 Å². The molecule has 0 radical (unpaired) electrons. The van der Waals surface area contributed by atoms with Crippen LogP contribution in [-0.2, 0) is 36.2 Å². The average Bonchev–Trinajstić information content (AvgIpc) is 1.54. The number of aliphatic hydroxyl groups is 3. The number of H-pyrrole nitrogens is 1. The molecule has 11 aliphatic rings. The molecule has 3 heterocycles. The monoisotopic (exact) mass is 1350 g/mol. The molecule has 2 aliphatic heterocycles. The fraction of sp³-hybridized carbons (Fsp3) is 0.525.